The molecule has 0 spiro atoms. The highest BCUT2D eigenvalue weighted by atomic mass is 79.9. The van der Waals surface area contributed by atoms with Crippen LogP contribution in [-0.4, -0.2) is 56.6 Å². The average molecular weight is 530 g/mol. The molecule has 1 aliphatic heterocycles. The zero-order valence-corrected chi connectivity index (χ0v) is 19.1. The van der Waals surface area contributed by atoms with Gasteiger partial charge in [0.1, 0.15) is 11.4 Å². The van der Waals surface area contributed by atoms with Crippen LogP contribution in [0.5, 0.6) is 0 Å². The molecule has 4 N–H and O–H groups in total. The molecule has 1 unspecified atom stereocenters. The lowest BCUT2D eigenvalue weighted by molar-refractivity contribution is -0.394. The lowest BCUT2D eigenvalue weighted by Crippen LogP contribution is -2.49. The van der Waals surface area contributed by atoms with Crippen molar-refractivity contribution in [1.29, 1.82) is 0 Å². The molecule has 1 aromatic carbocycles. The Hall–Kier alpha value is -2.97. The Kier molecular flexibility index (Phi) is 9.37. The molecule has 3 atom stereocenters. The summed E-state index contributed by atoms with van der Waals surface area (Å²) in [4.78, 5) is 58.2. The van der Waals surface area contributed by atoms with Crippen molar-refractivity contribution in [2.45, 2.75) is 50.2 Å². The molecule has 1 saturated heterocycles. The number of nitro benzene ring substituents is 2. The van der Waals surface area contributed by atoms with Gasteiger partial charge in [0.05, 0.1) is 22.0 Å². The number of nitrogens with two attached hydrogens (primary N) is 2. The number of halogens is 1. The van der Waals surface area contributed by atoms with E-state index in [1.54, 1.807) is 0 Å². The van der Waals surface area contributed by atoms with Crippen LogP contribution in [0.2, 0.25) is 0 Å². The largest absolute Gasteiger partial charge is 0.391 e. The van der Waals surface area contributed by atoms with Crippen molar-refractivity contribution >= 4 is 45.2 Å². The van der Waals surface area contributed by atoms with Gasteiger partial charge in [-0.25, -0.2) is 4.79 Å². The third-order valence-corrected chi connectivity index (χ3v) is 5.76. The van der Waals surface area contributed by atoms with Crippen molar-refractivity contribution in [1.82, 2.24) is 4.90 Å². The van der Waals surface area contributed by atoms with E-state index in [2.05, 4.69) is 20.7 Å². The molecular weight excluding hydrogens is 506 g/mol. The second-order valence-corrected chi connectivity index (χ2v) is 8.08. The van der Waals surface area contributed by atoms with E-state index < -0.39 is 57.2 Å². The van der Waals surface area contributed by atoms with Gasteiger partial charge in [0, 0.05) is 24.2 Å². The fourth-order valence-corrected chi connectivity index (χ4v) is 3.76. The predicted molar refractivity (Wildman–Crippen MR) is 118 cm³/mol. The molecule has 2 rings (SSSR count). The Labute approximate surface area is 196 Å². The number of hydrogen-bond acceptors (Lipinski definition) is 10. The molecule has 14 heteroatoms. The number of nitrogens with zero attached hydrogens (tertiary/aromatic N) is 3. The van der Waals surface area contributed by atoms with Crippen LogP contribution in [-0.2, 0) is 19.1 Å². The maximum absolute atomic E-state index is 12.7. The van der Waals surface area contributed by atoms with Crippen LogP contribution in [0.25, 0.3) is 0 Å². The summed E-state index contributed by atoms with van der Waals surface area (Å²) >= 11 is 2.89. The molecule has 180 valence electrons. The van der Waals surface area contributed by atoms with Crippen molar-refractivity contribution in [3.05, 3.63) is 44.0 Å². The van der Waals surface area contributed by atoms with E-state index in [1.807, 2.05) is 0 Å². The molecule has 1 amide bonds. The van der Waals surface area contributed by atoms with E-state index in [-0.39, 0.29) is 23.7 Å². The lowest BCUT2D eigenvalue weighted by atomic mass is 9.98. The summed E-state index contributed by atoms with van der Waals surface area (Å²) in [5.74, 6) is -2.02. The SMILES string of the molecule is NC(CCC[C@H](N)C(=O)N1CCC[C@H]1C(=O)OC(=O)CBr)c1ccc([N+](=O)[O-])cc1[N+](=O)[O-]. The molecule has 0 saturated carbocycles. The van der Waals surface area contributed by atoms with Crippen LogP contribution in [0.1, 0.15) is 43.7 Å². The molecule has 1 heterocycles. The van der Waals surface area contributed by atoms with E-state index in [1.165, 1.54) is 11.0 Å². The third kappa shape index (κ3) is 6.76. The number of nitro groups is 2. The molecular formula is C19H24BrN5O8. The quantitative estimate of drug-likeness (QED) is 0.147. The van der Waals surface area contributed by atoms with Crippen LogP contribution >= 0.6 is 15.9 Å². The van der Waals surface area contributed by atoms with E-state index in [9.17, 15) is 34.6 Å². The van der Waals surface area contributed by atoms with Gasteiger partial charge in [-0.1, -0.05) is 15.9 Å². The summed E-state index contributed by atoms with van der Waals surface area (Å²) in [5, 5.41) is 22.0. The van der Waals surface area contributed by atoms with Gasteiger partial charge in [0.2, 0.25) is 5.91 Å². The second-order valence-electron chi connectivity index (χ2n) is 7.52. The first-order chi connectivity index (χ1) is 15.6. The van der Waals surface area contributed by atoms with Crippen LogP contribution < -0.4 is 11.5 Å². The van der Waals surface area contributed by atoms with Gasteiger partial charge >= 0.3 is 11.9 Å². The number of ether oxygens (including phenoxy) is 1. The van der Waals surface area contributed by atoms with Gasteiger partial charge in [0.15, 0.2) is 0 Å². The molecule has 0 aliphatic carbocycles. The van der Waals surface area contributed by atoms with Crippen LogP contribution in [0, 0.1) is 20.2 Å². The number of hydrogen-bond donors (Lipinski definition) is 2. The Balaban J connectivity index is 1.95. The number of amides is 1. The summed E-state index contributed by atoms with van der Waals surface area (Å²) < 4.78 is 4.69. The fourth-order valence-electron chi connectivity index (χ4n) is 3.65. The summed E-state index contributed by atoms with van der Waals surface area (Å²) in [5.41, 5.74) is 11.3. The minimum absolute atomic E-state index is 0.143. The fraction of sp³-hybridized carbons (Fsp3) is 0.526. The predicted octanol–water partition coefficient (Wildman–Crippen LogP) is 1.46. The smallest absolute Gasteiger partial charge is 0.336 e. The van der Waals surface area contributed by atoms with Crippen LogP contribution in [0.4, 0.5) is 11.4 Å². The highest BCUT2D eigenvalue weighted by Gasteiger charge is 2.37. The molecule has 1 aliphatic rings. The van der Waals surface area contributed by atoms with Gasteiger partial charge in [-0.2, -0.15) is 0 Å². The summed E-state index contributed by atoms with van der Waals surface area (Å²) in [6, 6.07) is 0.641. The van der Waals surface area contributed by atoms with Gasteiger partial charge in [0.25, 0.3) is 11.4 Å². The minimum atomic E-state index is -0.940. The van der Waals surface area contributed by atoms with Crippen LogP contribution in [0.15, 0.2) is 18.2 Å². The van der Waals surface area contributed by atoms with Crippen LogP contribution in [0.3, 0.4) is 0 Å². The first-order valence-electron chi connectivity index (χ1n) is 10.1. The number of carbonyl (C=O) groups excluding carboxylic acids is 3. The Morgan fingerprint density at radius 1 is 1.18 bits per heavy atom. The first kappa shape index (κ1) is 26.3. The first-order valence-corrected chi connectivity index (χ1v) is 11.2. The monoisotopic (exact) mass is 529 g/mol. The van der Waals surface area contributed by atoms with E-state index in [4.69, 9.17) is 11.5 Å². The molecule has 33 heavy (non-hydrogen) atoms. The zero-order valence-electron chi connectivity index (χ0n) is 17.6. The van der Waals surface area contributed by atoms with E-state index in [0.717, 1.165) is 12.1 Å². The van der Waals surface area contributed by atoms with Gasteiger partial charge < -0.3 is 21.1 Å². The third-order valence-electron chi connectivity index (χ3n) is 5.30. The Morgan fingerprint density at radius 3 is 2.48 bits per heavy atom. The molecule has 0 bridgehead atoms. The normalized spacial score (nSPS) is 17.3. The maximum atomic E-state index is 12.7. The molecule has 1 fully saturated rings. The summed E-state index contributed by atoms with van der Waals surface area (Å²) in [6.45, 7) is 0.309. The standard InChI is InChI=1S/C19H24BrN5O8/c20-10-17(26)33-19(28)15-5-2-8-23(15)18(27)14(22)4-1-3-13(21)12-7-6-11(24(29)30)9-16(12)25(31)32/h6-7,9,13-15H,1-5,8,10,21-22H2/t13?,14-,15-/m0/s1. The topological polar surface area (TPSA) is 202 Å². The van der Waals surface area contributed by atoms with Crippen molar-refractivity contribution < 1.29 is 29.0 Å². The van der Waals surface area contributed by atoms with E-state index in [0.29, 0.717) is 25.8 Å². The molecule has 0 aromatic heterocycles. The second kappa shape index (κ2) is 11.8. The van der Waals surface area contributed by atoms with Crippen molar-refractivity contribution in [3.8, 4) is 0 Å². The number of alkyl halides is 1. The Morgan fingerprint density at radius 2 is 1.88 bits per heavy atom. The van der Waals surface area contributed by atoms with Gasteiger partial charge in [-0.15, -0.1) is 0 Å². The van der Waals surface area contributed by atoms with Crippen molar-refractivity contribution in [2.75, 3.05) is 11.9 Å². The lowest BCUT2D eigenvalue weighted by Gasteiger charge is -2.26. The summed E-state index contributed by atoms with van der Waals surface area (Å²) in [6.07, 6.45) is 1.71. The highest BCUT2D eigenvalue weighted by molar-refractivity contribution is 9.09. The van der Waals surface area contributed by atoms with E-state index >= 15 is 0 Å². The highest BCUT2D eigenvalue weighted by Crippen LogP contribution is 2.30. The number of non-ortho nitro benzene ring substituents is 1. The molecule has 13 nitrogen and oxygen atoms in total. The van der Waals surface area contributed by atoms with Gasteiger partial charge in [-0.3, -0.25) is 29.8 Å². The van der Waals surface area contributed by atoms with Gasteiger partial charge in [-0.05, 0) is 38.2 Å². The molecule has 0 radical (unpaired) electrons. The van der Waals surface area contributed by atoms with Crippen molar-refractivity contribution in [3.63, 3.8) is 0 Å². The minimum Gasteiger partial charge on any atom is -0.391 e. The number of likely N-dealkylation sites (tertiary alicyclic amines) is 1. The number of benzene rings is 1. The number of esters is 2. The zero-order chi connectivity index (χ0) is 24.7. The Bertz CT molecular complexity index is 943. The average Bonchev–Trinajstić information content (AvgIpc) is 3.27. The number of rotatable bonds is 10. The number of carbonyl (C=O) groups is 3. The maximum Gasteiger partial charge on any atom is 0.336 e. The molecule has 1 aromatic rings. The summed E-state index contributed by atoms with van der Waals surface area (Å²) in [7, 11) is 0. The van der Waals surface area contributed by atoms with Crippen molar-refractivity contribution in [2.24, 2.45) is 11.5 Å².